The number of aromatic amines is 1. The van der Waals surface area contributed by atoms with Crippen molar-refractivity contribution in [3.63, 3.8) is 0 Å². The zero-order chi connectivity index (χ0) is 20.1. The quantitative estimate of drug-likeness (QED) is 0.546. The number of carbonyl (C=O) groups excluding carboxylic acids is 2. The maximum absolute atomic E-state index is 12.9. The first-order valence-corrected chi connectivity index (χ1v) is 9.06. The molecule has 0 bridgehead atoms. The minimum atomic E-state index is -0.484. The third-order valence-electron chi connectivity index (χ3n) is 4.23. The van der Waals surface area contributed by atoms with Gasteiger partial charge in [0.2, 0.25) is 0 Å². The number of esters is 1. The lowest BCUT2D eigenvalue weighted by Gasteiger charge is -2.18. The number of ether oxygens (including phenoxy) is 2. The van der Waals surface area contributed by atoms with Crippen molar-refractivity contribution in [2.24, 2.45) is 0 Å². The number of nitrogens with zero attached hydrogens (tertiary/aromatic N) is 1. The van der Waals surface area contributed by atoms with Crippen LogP contribution in [0.2, 0.25) is 5.02 Å². The van der Waals surface area contributed by atoms with Gasteiger partial charge in [0.15, 0.2) is 5.78 Å². The van der Waals surface area contributed by atoms with Gasteiger partial charge in [-0.3, -0.25) is 9.69 Å². The molecule has 0 atom stereocenters. The summed E-state index contributed by atoms with van der Waals surface area (Å²) in [5.41, 5.74) is 2.87. The number of aryl methyl sites for hydroxylation is 2. The maximum Gasteiger partial charge on any atom is 0.340 e. The van der Waals surface area contributed by atoms with Crippen molar-refractivity contribution in [2.75, 3.05) is 27.3 Å². The number of carbonyl (C=O) groups is 2. The fourth-order valence-electron chi connectivity index (χ4n) is 3.13. The predicted octanol–water partition coefficient (Wildman–Crippen LogP) is 3.78. The van der Waals surface area contributed by atoms with Crippen molar-refractivity contribution >= 4 is 23.4 Å². The smallest absolute Gasteiger partial charge is 0.340 e. The van der Waals surface area contributed by atoms with E-state index in [1.54, 1.807) is 40.0 Å². The highest BCUT2D eigenvalue weighted by atomic mass is 35.5. The molecule has 0 aliphatic rings. The topological polar surface area (TPSA) is 71.6 Å². The number of ketones is 1. The Morgan fingerprint density at radius 2 is 1.85 bits per heavy atom. The fraction of sp³-hybridized carbons (Fsp3) is 0.400. The Balaban J connectivity index is 2.20. The second kappa shape index (κ2) is 9.06. The number of methoxy groups -OCH3 is 1. The van der Waals surface area contributed by atoms with Gasteiger partial charge in [-0.15, -0.1) is 0 Å². The van der Waals surface area contributed by atoms with Gasteiger partial charge < -0.3 is 14.5 Å². The van der Waals surface area contributed by atoms with Crippen LogP contribution in [-0.2, 0) is 11.3 Å². The normalized spacial score (nSPS) is 10.9. The standard InChI is InChI=1S/C20H25ClN2O4/c1-6-27-20(25)19-13(3)22-12(2)18(19)16(24)11-23(4)10-14-9-15(21)7-8-17(14)26-5/h7-9,22H,6,10-11H2,1-5H3. The third kappa shape index (κ3) is 4.90. The molecule has 7 heteroatoms. The number of hydrogen-bond acceptors (Lipinski definition) is 5. The number of aromatic nitrogens is 1. The van der Waals surface area contributed by atoms with E-state index in [-0.39, 0.29) is 18.9 Å². The lowest BCUT2D eigenvalue weighted by molar-refractivity contribution is 0.0522. The van der Waals surface area contributed by atoms with Crippen molar-refractivity contribution in [3.8, 4) is 5.75 Å². The lowest BCUT2D eigenvalue weighted by atomic mass is 10.0. The van der Waals surface area contributed by atoms with E-state index in [0.29, 0.717) is 39.8 Å². The molecule has 1 heterocycles. The lowest BCUT2D eigenvalue weighted by Crippen LogP contribution is -2.27. The van der Waals surface area contributed by atoms with Crippen molar-refractivity contribution in [1.82, 2.24) is 9.88 Å². The van der Waals surface area contributed by atoms with Crippen LogP contribution in [0.15, 0.2) is 18.2 Å². The molecule has 6 nitrogen and oxygen atoms in total. The summed E-state index contributed by atoms with van der Waals surface area (Å²) in [5, 5.41) is 0.604. The fourth-order valence-corrected chi connectivity index (χ4v) is 3.32. The molecule has 0 fully saturated rings. The van der Waals surface area contributed by atoms with Crippen LogP contribution in [-0.4, -0.2) is 48.9 Å². The molecule has 2 aromatic rings. The summed E-state index contributed by atoms with van der Waals surface area (Å²) in [4.78, 5) is 30.1. The van der Waals surface area contributed by atoms with Gasteiger partial charge in [-0.05, 0) is 46.0 Å². The summed E-state index contributed by atoms with van der Waals surface area (Å²) in [5.74, 6) is 0.0739. The Morgan fingerprint density at radius 3 is 2.48 bits per heavy atom. The molecule has 0 saturated carbocycles. The first kappa shape index (κ1) is 21.0. The van der Waals surface area contributed by atoms with E-state index in [2.05, 4.69) is 4.98 Å². The molecular formula is C20H25ClN2O4. The largest absolute Gasteiger partial charge is 0.496 e. The molecule has 0 amide bonds. The Hall–Kier alpha value is -2.31. The van der Waals surface area contributed by atoms with E-state index >= 15 is 0 Å². The maximum atomic E-state index is 12.9. The van der Waals surface area contributed by atoms with Crippen molar-refractivity contribution in [3.05, 3.63) is 51.3 Å². The van der Waals surface area contributed by atoms with Crippen LogP contribution in [0.1, 0.15) is 44.6 Å². The predicted molar refractivity (Wildman–Crippen MR) is 105 cm³/mol. The molecular weight excluding hydrogens is 368 g/mol. The monoisotopic (exact) mass is 392 g/mol. The Morgan fingerprint density at radius 1 is 1.19 bits per heavy atom. The van der Waals surface area contributed by atoms with Crippen LogP contribution < -0.4 is 4.74 Å². The number of nitrogens with one attached hydrogen (secondary N) is 1. The van der Waals surface area contributed by atoms with Gasteiger partial charge in [0.25, 0.3) is 0 Å². The van der Waals surface area contributed by atoms with Gasteiger partial charge in [0.1, 0.15) is 5.75 Å². The van der Waals surface area contributed by atoms with E-state index in [1.165, 1.54) is 0 Å². The first-order chi connectivity index (χ1) is 12.8. The number of H-pyrrole nitrogens is 1. The van der Waals surface area contributed by atoms with Gasteiger partial charge in [-0.25, -0.2) is 4.79 Å². The van der Waals surface area contributed by atoms with Gasteiger partial charge in [0, 0.05) is 28.5 Å². The van der Waals surface area contributed by atoms with Crippen molar-refractivity contribution in [2.45, 2.75) is 27.3 Å². The number of likely N-dealkylation sites (N-methyl/N-ethyl adjacent to an activating group) is 1. The zero-order valence-corrected chi connectivity index (χ0v) is 17.1. The molecule has 1 N–H and O–H groups in total. The Labute approximate surface area is 164 Å². The van der Waals surface area contributed by atoms with Crippen LogP contribution >= 0.6 is 11.6 Å². The summed E-state index contributed by atoms with van der Waals surface area (Å²) in [6.07, 6.45) is 0. The van der Waals surface area contributed by atoms with Crippen molar-refractivity contribution < 1.29 is 19.1 Å². The highest BCUT2D eigenvalue weighted by Crippen LogP contribution is 2.25. The average molecular weight is 393 g/mol. The van der Waals surface area contributed by atoms with E-state index in [4.69, 9.17) is 21.1 Å². The molecule has 146 valence electrons. The molecule has 0 saturated heterocycles. The van der Waals surface area contributed by atoms with Crippen LogP contribution in [0.25, 0.3) is 0 Å². The van der Waals surface area contributed by atoms with Crippen LogP contribution in [0, 0.1) is 13.8 Å². The number of halogens is 1. The molecule has 1 aromatic carbocycles. The molecule has 0 aliphatic heterocycles. The van der Waals surface area contributed by atoms with E-state index in [1.807, 2.05) is 18.0 Å². The summed E-state index contributed by atoms with van der Waals surface area (Å²) < 4.78 is 10.5. The SMILES string of the molecule is CCOC(=O)c1c(C)[nH]c(C)c1C(=O)CN(C)Cc1cc(Cl)ccc1OC. The van der Waals surface area contributed by atoms with Gasteiger partial charge in [-0.1, -0.05) is 11.6 Å². The summed E-state index contributed by atoms with van der Waals surface area (Å²) in [6, 6.07) is 5.37. The number of rotatable bonds is 8. The molecule has 0 aliphatic carbocycles. The zero-order valence-electron chi connectivity index (χ0n) is 16.3. The second-order valence-corrected chi connectivity index (χ2v) is 6.83. The number of Topliss-reactive ketones (excluding diaryl/α,β-unsaturated/α-hetero) is 1. The summed E-state index contributed by atoms with van der Waals surface area (Å²) in [6.45, 7) is 6.15. The first-order valence-electron chi connectivity index (χ1n) is 8.68. The van der Waals surface area contributed by atoms with Crippen LogP contribution in [0.4, 0.5) is 0 Å². The number of benzene rings is 1. The second-order valence-electron chi connectivity index (χ2n) is 6.40. The minimum absolute atomic E-state index is 0.139. The molecule has 1 aromatic heterocycles. The molecule has 27 heavy (non-hydrogen) atoms. The van der Waals surface area contributed by atoms with Gasteiger partial charge in [-0.2, -0.15) is 0 Å². The highest BCUT2D eigenvalue weighted by Gasteiger charge is 2.26. The summed E-state index contributed by atoms with van der Waals surface area (Å²) >= 11 is 6.07. The summed E-state index contributed by atoms with van der Waals surface area (Å²) in [7, 11) is 3.42. The van der Waals surface area contributed by atoms with E-state index in [9.17, 15) is 9.59 Å². The third-order valence-corrected chi connectivity index (χ3v) is 4.46. The molecule has 0 unspecified atom stereocenters. The van der Waals surface area contributed by atoms with Gasteiger partial charge >= 0.3 is 5.97 Å². The minimum Gasteiger partial charge on any atom is -0.496 e. The highest BCUT2D eigenvalue weighted by molar-refractivity contribution is 6.30. The number of hydrogen-bond donors (Lipinski definition) is 1. The average Bonchev–Trinajstić information content (AvgIpc) is 2.89. The van der Waals surface area contributed by atoms with Crippen molar-refractivity contribution in [1.29, 1.82) is 0 Å². The van der Waals surface area contributed by atoms with Crippen LogP contribution in [0.5, 0.6) is 5.75 Å². The Bertz CT molecular complexity index is 845. The van der Waals surface area contributed by atoms with Gasteiger partial charge in [0.05, 0.1) is 31.4 Å². The molecule has 0 radical (unpaired) electrons. The Kier molecular flexibility index (Phi) is 7.05. The molecule has 2 rings (SSSR count). The van der Waals surface area contributed by atoms with Crippen LogP contribution in [0.3, 0.4) is 0 Å². The van der Waals surface area contributed by atoms with E-state index < -0.39 is 5.97 Å². The van der Waals surface area contributed by atoms with E-state index in [0.717, 1.165) is 5.56 Å². The molecule has 0 spiro atoms.